The van der Waals surface area contributed by atoms with E-state index >= 15 is 0 Å². The van der Waals surface area contributed by atoms with Crippen molar-refractivity contribution in [3.05, 3.63) is 51.9 Å². The quantitative estimate of drug-likeness (QED) is 0.675. The van der Waals surface area contributed by atoms with Gasteiger partial charge in [0, 0.05) is 6.07 Å². The molecule has 108 valence electrons. The van der Waals surface area contributed by atoms with Gasteiger partial charge >= 0.3 is 0 Å². The van der Waals surface area contributed by atoms with Gasteiger partial charge in [-0.1, -0.05) is 35.9 Å². The van der Waals surface area contributed by atoms with E-state index in [0.717, 1.165) is 24.8 Å². The van der Waals surface area contributed by atoms with Gasteiger partial charge in [-0.15, -0.1) is 0 Å². The summed E-state index contributed by atoms with van der Waals surface area (Å²) in [5.74, 6) is 0.0727. The summed E-state index contributed by atoms with van der Waals surface area (Å²) in [6.45, 7) is 0. The second-order valence-electron chi connectivity index (χ2n) is 4.98. The van der Waals surface area contributed by atoms with Crippen LogP contribution in [-0.2, 0) is 11.2 Å². The minimum atomic E-state index is -0.164. The van der Waals surface area contributed by atoms with Gasteiger partial charge < -0.3 is 5.32 Å². The van der Waals surface area contributed by atoms with Crippen molar-refractivity contribution in [2.45, 2.75) is 25.2 Å². The number of benzene rings is 1. The van der Waals surface area contributed by atoms with Crippen molar-refractivity contribution >= 4 is 34.9 Å². The average Bonchev–Trinajstić information content (AvgIpc) is 2.45. The molecule has 0 aliphatic heterocycles. The highest BCUT2D eigenvalue weighted by atomic mass is 35.5. The van der Waals surface area contributed by atoms with Crippen LogP contribution < -0.4 is 5.32 Å². The van der Waals surface area contributed by atoms with E-state index in [1.54, 1.807) is 0 Å². The molecule has 1 aliphatic rings. The number of carbonyl (C=O) groups is 1. The van der Waals surface area contributed by atoms with Crippen LogP contribution in [0.15, 0.2) is 30.3 Å². The molecule has 1 atom stereocenters. The molecule has 2 aromatic rings. The van der Waals surface area contributed by atoms with E-state index in [4.69, 9.17) is 23.2 Å². The molecule has 0 fully saturated rings. The number of anilines is 1. The largest absolute Gasteiger partial charge is 0.310 e. The summed E-state index contributed by atoms with van der Waals surface area (Å²) < 4.78 is 0. The van der Waals surface area contributed by atoms with Gasteiger partial charge in [-0.25, -0.2) is 9.97 Å². The van der Waals surface area contributed by atoms with E-state index in [0.29, 0.717) is 5.82 Å². The number of halogens is 2. The molecule has 0 radical (unpaired) electrons. The number of nitrogens with zero attached hydrogens (tertiary/aromatic N) is 2. The summed E-state index contributed by atoms with van der Waals surface area (Å²) in [6, 6.07) is 9.54. The van der Waals surface area contributed by atoms with Crippen LogP contribution >= 0.6 is 23.2 Å². The van der Waals surface area contributed by atoms with Crippen LogP contribution in [0.5, 0.6) is 0 Å². The molecule has 1 N–H and O–H groups in total. The highest BCUT2D eigenvalue weighted by molar-refractivity contribution is 6.32. The number of amides is 1. The second kappa shape index (κ2) is 6.00. The van der Waals surface area contributed by atoms with Crippen molar-refractivity contribution < 1.29 is 4.79 Å². The van der Waals surface area contributed by atoms with Crippen molar-refractivity contribution in [1.82, 2.24) is 9.97 Å². The van der Waals surface area contributed by atoms with E-state index in [-0.39, 0.29) is 22.3 Å². The monoisotopic (exact) mass is 321 g/mol. The Morgan fingerprint density at radius 1 is 1.24 bits per heavy atom. The highest BCUT2D eigenvalue weighted by Gasteiger charge is 2.26. The smallest absolute Gasteiger partial charge is 0.233 e. The second-order valence-corrected chi connectivity index (χ2v) is 5.70. The van der Waals surface area contributed by atoms with Crippen LogP contribution in [-0.4, -0.2) is 15.9 Å². The number of aromatic nitrogens is 2. The number of hydrogen-bond acceptors (Lipinski definition) is 3. The molecular formula is C15H13Cl2N3O. The Morgan fingerprint density at radius 2 is 2.05 bits per heavy atom. The Balaban J connectivity index is 1.83. The SMILES string of the molecule is O=C(Nc1cc(Cl)nc(Cl)n1)C1CCCc2ccccc21. The first kappa shape index (κ1) is 14.3. The van der Waals surface area contributed by atoms with Crippen LogP contribution in [0, 0.1) is 0 Å². The molecule has 0 spiro atoms. The Morgan fingerprint density at radius 3 is 2.86 bits per heavy atom. The van der Waals surface area contributed by atoms with Gasteiger partial charge in [0.15, 0.2) is 0 Å². The van der Waals surface area contributed by atoms with Crippen LogP contribution in [0.2, 0.25) is 10.4 Å². The molecule has 1 amide bonds. The number of nitrogens with one attached hydrogen (secondary N) is 1. The zero-order valence-electron chi connectivity index (χ0n) is 11.1. The van der Waals surface area contributed by atoms with Crippen LogP contribution in [0.3, 0.4) is 0 Å². The minimum absolute atomic E-state index is 0.0156. The summed E-state index contributed by atoms with van der Waals surface area (Å²) >= 11 is 11.6. The Labute approximate surface area is 132 Å². The lowest BCUT2D eigenvalue weighted by Crippen LogP contribution is -2.25. The van der Waals surface area contributed by atoms with Crippen molar-refractivity contribution in [3.63, 3.8) is 0 Å². The number of hydrogen-bond donors (Lipinski definition) is 1. The fourth-order valence-electron chi connectivity index (χ4n) is 2.69. The fourth-order valence-corrected chi connectivity index (χ4v) is 3.10. The maximum absolute atomic E-state index is 12.5. The van der Waals surface area contributed by atoms with Gasteiger partial charge in [-0.2, -0.15) is 0 Å². The molecule has 0 saturated heterocycles. The van der Waals surface area contributed by atoms with Crippen LogP contribution in [0.4, 0.5) is 5.82 Å². The van der Waals surface area contributed by atoms with Gasteiger partial charge in [-0.3, -0.25) is 4.79 Å². The zero-order chi connectivity index (χ0) is 14.8. The number of carbonyl (C=O) groups excluding carboxylic acids is 1. The standard InChI is InChI=1S/C15H13Cl2N3O/c16-12-8-13(20-15(17)18-12)19-14(21)11-7-3-5-9-4-1-2-6-10(9)11/h1-2,4,6,8,11H,3,5,7H2,(H,18,19,20,21). The first-order chi connectivity index (χ1) is 10.1. The summed E-state index contributed by atoms with van der Waals surface area (Å²) in [5, 5.41) is 2.99. The third kappa shape index (κ3) is 3.17. The lowest BCUT2D eigenvalue weighted by atomic mass is 9.82. The van der Waals surface area contributed by atoms with Gasteiger partial charge in [0.05, 0.1) is 5.92 Å². The van der Waals surface area contributed by atoms with E-state index in [1.807, 2.05) is 18.2 Å². The molecule has 0 bridgehead atoms. The predicted molar refractivity (Wildman–Crippen MR) is 82.8 cm³/mol. The maximum atomic E-state index is 12.5. The average molecular weight is 322 g/mol. The lowest BCUT2D eigenvalue weighted by molar-refractivity contribution is -0.117. The Bertz CT molecular complexity index is 670. The van der Waals surface area contributed by atoms with Crippen molar-refractivity contribution in [3.8, 4) is 0 Å². The summed E-state index contributed by atoms with van der Waals surface area (Å²) in [4.78, 5) is 20.2. The predicted octanol–water partition coefficient (Wildman–Crippen LogP) is 3.84. The van der Waals surface area contributed by atoms with Gasteiger partial charge in [0.1, 0.15) is 11.0 Å². The number of aryl methyl sites for hydroxylation is 1. The molecule has 3 rings (SSSR count). The minimum Gasteiger partial charge on any atom is -0.310 e. The molecule has 1 unspecified atom stereocenters. The molecule has 1 heterocycles. The summed E-state index contributed by atoms with van der Waals surface area (Å²) in [6.07, 6.45) is 2.85. The van der Waals surface area contributed by atoms with E-state index < -0.39 is 0 Å². The maximum Gasteiger partial charge on any atom is 0.233 e. The summed E-state index contributed by atoms with van der Waals surface area (Å²) in [5.41, 5.74) is 2.33. The molecular weight excluding hydrogens is 309 g/mol. The van der Waals surface area contributed by atoms with E-state index in [1.165, 1.54) is 11.6 Å². The van der Waals surface area contributed by atoms with E-state index in [9.17, 15) is 4.79 Å². The third-order valence-corrected chi connectivity index (χ3v) is 3.97. The lowest BCUT2D eigenvalue weighted by Gasteiger charge is -2.24. The Kier molecular flexibility index (Phi) is 4.08. The first-order valence-electron chi connectivity index (χ1n) is 6.72. The topological polar surface area (TPSA) is 54.9 Å². The summed E-state index contributed by atoms with van der Waals surface area (Å²) in [7, 11) is 0. The molecule has 4 nitrogen and oxygen atoms in total. The highest BCUT2D eigenvalue weighted by Crippen LogP contribution is 2.32. The Hall–Kier alpha value is -1.65. The van der Waals surface area contributed by atoms with Crippen molar-refractivity contribution in [2.24, 2.45) is 0 Å². The van der Waals surface area contributed by atoms with Gasteiger partial charge in [-0.05, 0) is 42.0 Å². The molecule has 1 aliphatic carbocycles. The molecule has 21 heavy (non-hydrogen) atoms. The zero-order valence-corrected chi connectivity index (χ0v) is 12.7. The van der Waals surface area contributed by atoms with Crippen LogP contribution in [0.1, 0.15) is 29.9 Å². The van der Waals surface area contributed by atoms with Gasteiger partial charge in [0.25, 0.3) is 0 Å². The molecule has 1 aromatic heterocycles. The van der Waals surface area contributed by atoms with Crippen molar-refractivity contribution in [2.75, 3.05) is 5.32 Å². The molecule has 1 aromatic carbocycles. The first-order valence-corrected chi connectivity index (χ1v) is 7.48. The number of rotatable bonds is 2. The van der Waals surface area contributed by atoms with Crippen LogP contribution in [0.25, 0.3) is 0 Å². The third-order valence-electron chi connectivity index (χ3n) is 3.60. The molecule has 6 heteroatoms. The number of fused-ring (bicyclic) bond motifs is 1. The van der Waals surface area contributed by atoms with E-state index in [2.05, 4.69) is 21.4 Å². The fraction of sp³-hybridized carbons (Fsp3) is 0.267. The van der Waals surface area contributed by atoms with Crippen molar-refractivity contribution in [1.29, 1.82) is 0 Å². The molecule has 0 saturated carbocycles. The van der Waals surface area contributed by atoms with Gasteiger partial charge in [0.2, 0.25) is 11.2 Å². The normalized spacial score (nSPS) is 17.1.